The Bertz CT molecular complexity index is 608. The molecule has 0 amide bonds. The van der Waals surface area contributed by atoms with Gasteiger partial charge in [-0.05, 0) is 36.4 Å². The fourth-order valence-electron chi connectivity index (χ4n) is 1.51. The van der Waals surface area contributed by atoms with Gasteiger partial charge in [-0.1, -0.05) is 39.1 Å². The first-order valence-corrected chi connectivity index (χ1v) is 6.48. The minimum Gasteiger partial charge on any atom is -0.289 e. The molecule has 0 saturated carbocycles. The minimum atomic E-state index is -0.510. The SMILES string of the molecule is O=C(c1cc(Cl)cc(Br)c1)c1cc(F)ccc1Cl. The number of rotatable bonds is 2. The summed E-state index contributed by atoms with van der Waals surface area (Å²) in [4.78, 5) is 12.2. The second-order valence-corrected chi connectivity index (χ2v) is 5.37. The minimum absolute atomic E-state index is 0.117. The van der Waals surface area contributed by atoms with E-state index in [1.807, 2.05) is 0 Å². The van der Waals surface area contributed by atoms with Crippen LogP contribution in [0.1, 0.15) is 15.9 Å². The maximum Gasteiger partial charge on any atom is 0.194 e. The normalized spacial score (nSPS) is 10.4. The Labute approximate surface area is 122 Å². The first-order chi connectivity index (χ1) is 8.47. The lowest BCUT2D eigenvalue weighted by Gasteiger charge is -2.05. The van der Waals surface area contributed by atoms with E-state index in [0.717, 1.165) is 6.07 Å². The molecule has 0 atom stereocenters. The number of hydrogen-bond donors (Lipinski definition) is 0. The summed E-state index contributed by atoms with van der Waals surface area (Å²) in [6.07, 6.45) is 0. The third kappa shape index (κ3) is 2.91. The molecular formula is C13H6BrCl2FO. The third-order valence-corrected chi connectivity index (χ3v) is 3.30. The van der Waals surface area contributed by atoms with Crippen LogP contribution in [0.15, 0.2) is 40.9 Å². The summed E-state index contributed by atoms with van der Waals surface area (Å²) in [6.45, 7) is 0. The molecule has 2 aromatic carbocycles. The fraction of sp³-hybridized carbons (Fsp3) is 0. The highest BCUT2D eigenvalue weighted by atomic mass is 79.9. The third-order valence-electron chi connectivity index (χ3n) is 2.30. The number of ketones is 1. The summed E-state index contributed by atoms with van der Waals surface area (Å²) < 4.78 is 13.8. The molecule has 2 aromatic rings. The molecule has 0 aromatic heterocycles. The molecule has 0 saturated heterocycles. The predicted octanol–water partition coefficient (Wildman–Crippen LogP) is 5.13. The molecule has 92 valence electrons. The first kappa shape index (κ1) is 13.5. The van der Waals surface area contributed by atoms with Crippen LogP contribution < -0.4 is 0 Å². The van der Waals surface area contributed by atoms with Crippen LogP contribution in [0.3, 0.4) is 0 Å². The zero-order valence-corrected chi connectivity index (χ0v) is 12.0. The summed E-state index contributed by atoms with van der Waals surface area (Å²) in [6, 6.07) is 8.44. The maximum atomic E-state index is 13.1. The molecule has 0 aliphatic rings. The van der Waals surface area contributed by atoms with Gasteiger partial charge in [-0.2, -0.15) is 0 Å². The van der Waals surface area contributed by atoms with Crippen molar-refractivity contribution in [1.82, 2.24) is 0 Å². The van der Waals surface area contributed by atoms with Crippen molar-refractivity contribution in [3.05, 3.63) is 67.9 Å². The van der Waals surface area contributed by atoms with Crippen LogP contribution in [-0.2, 0) is 0 Å². The van der Waals surface area contributed by atoms with E-state index in [1.54, 1.807) is 12.1 Å². The molecule has 18 heavy (non-hydrogen) atoms. The number of carbonyl (C=O) groups excluding carboxylic acids is 1. The molecule has 0 bridgehead atoms. The van der Waals surface area contributed by atoms with E-state index >= 15 is 0 Å². The van der Waals surface area contributed by atoms with Gasteiger partial charge >= 0.3 is 0 Å². The van der Waals surface area contributed by atoms with Crippen molar-refractivity contribution >= 4 is 44.9 Å². The van der Waals surface area contributed by atoms with Crippen LogP contribution in [0.4, 0.5) is 4.39 Å². The Morgan fingerprint density at radius 2 is 1.83 bits per heavy atom. The zero-order chi connectivity index (χ0) is 13.3. The molecule has 0 aliphatic carbocycles. The first-order valence-electron chi connectivity index (χ1n) is 4.93. The van der Waals surface area contributed by atoms with E-state index in [2.05, 4.69) is 15.9 Å². The zero-order valence-electron chi connectivity index (χ0n) is 8.88. The van der Waals surface area contributed by atoms with Crippen molar-refractivity contribution in [3.8, 4) is 0 Å². The van der Waals surface area contributed by atoms with Gasteiger partial charge in [0.2, 0.25) is 0 Å². The molecular weight excluding hydrogens is 342 g/mol. The Balaban J connectivity index is 2.51. The second kappa shape index (κ2) is 5.39. The lowest BCUT2D eigenvalue weighted by Crippen LogP contribution is -2.03. The van der Waals surface area contributed by atoms with E-state index < -0.39 is 5.82 Å². The molecule has 0 aliphatic heterocycles. The average molecular weight is 348 g/mol. The van der Waals surface area contributed by atoms with Crippen LogP contribution in [0.25, 0.3) is 0 Å². The van der Waals surface area contributed by atoms with Gasteiger partial charge in [-0.15, -0.1) is 0 Å². The summed E-state index contributed by atoms with van der Waals surface area (Å²) >= 11 is 15.0. The summed E-state index contributed by atoms with van der Waals surface area (Å²) in [5, 5.41) is 0.623. The smallest absolute Gasteiger partial charge is 0.194 e. The van der Waals surface area contributed by atoms with Crippen molar-refractivity contribution < 1.29 is 9.18 Å². The fourth-order valence-corrected chi connectivity index (χ4v) is 2.58. The Morgan fingerprint density at radius 3 is 2.50 bits per heavy atom. The predicted molar refractivity (Wildman–Crippen MR) is 74.0 cm³/mol. The van der Waals surface area contributed by atoms with Gasteiger partial charge in [-0.25, -0.2) is 4.39 Å². The number of carbonyl (C=O) groups is 1. The topological polar surface area (TPSA) is 17.1 Å². The van der Waals surface area contributed by atoms with Crippen LogP contribution >= 0.6 is 39.1 Å². The molecule has 1 nitrogen and oxygen atoms in total. The molecule has 0 radical (unpaired) electrons. The van der Waals surface area contributed by atoms with Gasteiger partial charge in [-0.3, -0.25) is 4.79 Å². The molecule has 0 N–H and O–H groups in total. The Kier molecular flexibility index (Phi) is 4.05. The highest BCUT2D eigenvalue weighted by Gasteiger charge is 2.14. The summed E-state index contributed by atoms with van der Waals surface area (Å²) in [5.41, 5.74) is 0.465. The van der Waals surface area contributed by atoms with Crippen molar-refractivity contribution in [3.63, 3.8) is 0 Å². The van der Waals surface area contributed by atoms with Gasteiger partial charge in [0.1, 0.15) is 5.82 Å². The quantitative estimate of drug-likeness (QED) is 0.688. The number of benzene rings is 2. The monoisotopic (exact) mass is 346 g/mol. The highest BCUT2D eigenvalue weighted by Crippen LogP contribution is 2.25. The lowest BCUT2D eigenvalue weighted by atomic mass is 10.0. The lowest BCUT2D eigenvalue weighted by molar-refractivity contribution is 0.103. The Hall–Kier alpha value is -0.900. The Morgan fingerprint density at radius 1 is 1.11 bits per heavy atom. The van der Waals surface area contributed by atoms with Gasteiger partial charge in [0.05, 0.1) is 5.02 Å². The standard InChI is InChI=1S/C13H6BrCl2FO/c14-8-3-7(4-9(15)5-8)13(18)11-6-10(17)1-2-12(11)16/h1-6H. The van der Waals surface area contributed by atoms with E-state index in [9.17, 15) is 9.18 Å². The molecule has 2 rings (SSSR count). The van der Waals surface area contributed by atoms with Crippen molar-refractivity contribution in [2.45, 2.75) is 0 Å². The van der Waals surface area contributed by atoms with E-state index in [4.69, 9.17) is 23.2 Å². The van der Waals surface area contributed by atoms with E-state index in [0.29, 0.717) is 15.1 Å². The highest BCUT2D eigenvalue weighted by molar-refractivity contribution is 9.10. The molecule has 0 fully saturated rings. The maximum absolute atomic E-state index is 13.1. The average Bonchev–Trinajstić information content (AvgIpc) is 2.30. The van der Waals surface area contributed by atoms with Crippen LogP contribution in [0.2, 0.25) is 10.0 Å². The van der Waals surface area contributed by atoms with Crippen LogP contribution in [-0.4, -0.2) is 5.78 Å². The molecule has 5 heteroatoms. The molecule has 0 unspecified atom stereocenters. The van der Waals surface area contributed by atoms with Gasteiger partial charge in [0.25, 0.3) is 0 Å². The molecule has 0 heterocycles. The number of halogens is 4. The van der Waals surface area contributed by atoms with Gasteiger partial charge in [0.15, 0.2) is 5.78 Å². The van der Waals surface area contributed by atoms with Crippen LogP contribution in [0, 0.1) is 5.82 Å². The van der Waals surface area contributed by atoms with Crippen molar-refractivity contribution in [1.29, 1.82) is 0 Å². The second-order valence-electron chi connectivity index (χ2n) is 3.61. The van der Waals surface area contributed by atoms with E-state index in [-0.39, 0.29) is 16.4 Å². The van der Waals surface area contributed by atoms with Crippen LogP contribution in [0.5, 0.6) is 0 Å². The van der Waals surface area contributed by atoms with E-state index in [1.165, 1.54) is 18.2 Å². The molecule has 0 spiro atoms. The van der Waals surface area contributed by atoms with Crippen molar-refractivity contribution in [2.75, 3.05) is 0 Å². The summed E-state index contributed by atoms with van der Waals surface area (Å²) in [5.74, 6) is -0.883. The number of hydrogen-bond acceptors (Lipinski definition) is 1. The summed E-state index contributed by atoms with van der Waals surface area (Å²) in [7, 11) is 0. The van der Waals surface area contributed by atoms with Crippen molar-refractivity contribution in [2.24, 2.45) is 0 Å². The van der Waals surface area contributed by atoms with Gasteiger partial charge in [0, 0.05) is 20.6 Å². The largest absolute Gasteiger partial charge is 0.289 e. The van der Waals surface area contributed by atoms with Gasteiger partial charge < -0.3 is 0 Å².